The molecular formula is C23H23F3N2O2. The smallest absolute Gasteiger partial charge is 0.381 e. The number of aromatic nitrogens is 1. The summed E-state index contributed by atoms with van der Waals surface area (Å²) < 4.78 is 41.9. The van der Waals surface area contributed by atoms with Crippen LogP contribution >= 0.6 is 0 Å². The van der Waals surface area contributed by atoms with E-state index in [1.165, 1.54) is 6.07 Å². The quantitative estimate of drug-likeness (QED) is 0.563. The van der Waals surface area contributed by atoms with Crippen LogP contribution in [0.1, 0.15) is 36.3 Å². The zero-order valence-corrected chi connectivity index (χ0v) is 16.3. The van der Waals surface area contributed by atoms with Crippen molar-refractivity contribution in [3.05, 3.63) is 76.1 Å². The molecule has 0 saturated carbocycles. The third kappa shape index (κ3) is 3.94. The number of benzene rings is 2. The first-order chi connectivity index (χ1) is 14.3. The number of fused-ring (bicyclic) bond motifs is 2. The zero-order valence-electron chi connectivity index (χ0n) is 16.3. The van der Waals surface area contributed by atoms with Gasteiger partial charge >= 0.3 is 6.18 Å². The lowest BCUT2D eigenvalue weighted by atomic mass is 9.76. The molecule has 30 heavy (non-hydrogen) atoms. The van der Waals surface area contributed by atoms with Crippen LogP contribution in [0.5, 0.6) is 0 Å². The van der Waals surface area contributed by atoms with Crippen molar-refractivity contribution in [3.8, 4) is 0 Å². The van der Waals surface area contributed by atoms with Gasteiger partial charge in [-0.25, -0.2) is 0 Å². The fourth-order valence-corrected chi connectivity index (χ4v) is 4.35. The Balaban J connectivity index is 1.61. The van der Waals surface area contributed by atoms with E-state index in [0.29, 0.717) is 23.0 Å². The Hall–Kier alpha value is -2.80. The molecule has 4 rings (SSSR count). The molecule has 1 aromatic heterocycles. The Morgan fingerprint density at radius 1 is 1.07 bits per heavy atom. The number of anilines is 1. The number of nitrogens with one attached hydrogen (secondary N) is 2. The van der Waals surface area contributed by atoms with Crippen LogP contribution in [0, 0.1) is 0 Å². The molecule has 0 amide bonds. The highest BCUT2D eigenvalue weighted by Gasteiger charge is 2.54. The number of H-pyrrole nitrogens is 1. The van der Waals surface area contributed by atoms with Gasteiger partial charge < -0.3 is 15.4 Å². The maximum Gasteiger partial charge on any atom is 0.418 e. The minimum Gasteiger partial charge on any atom is -0.381 e. The van der Waals surface area contributed by atoms with Gasteiger partial charge in [-0.05, 0) is 60.9 Å². The molecular weight excluding hydrogens is 393 g/mol. The zero-order chi connectivity index (χ0) is 21.4. The normalized spacial score (nSPS) is 18.6. The third-order valence-electron chi connectivity index (χ3n) is 5.94. The summed E-state index contributed by atoms with van der Waals surface area (Å²) in [6.45, 7) is -0.673. The number of hydrogen-bond donors (Lipinski definition) is 3. The second-order valence-electron chi connectivity index (χ2n) is 7.96. The van der Waals surface area contributed by atoms with Crippen LogP contribution in [0.15, 0.2) is 59.4 Å². The summed E-state index contributed by atoms with van der Waals surface area (Å²) >= 11 is 0. The first-order valence-electron chi connectivity index (χ1n) is 10.00. The maximum atomic E-state index is 14.0. The molecule has 158 valence electrons. The number of rotatable bonds is 5. The van der Waals surface area contributed by atoms with Gasteiger partial charge in [0.1, 0.15) is 0 Å². The van der Waals surface area contributed by atoms with E-state index in [2.05, 4.69) is 10.3 Å². The summed E-state index contributed by atoms with van der Waals surface area (Å²) in [7, 11) is 0. The first-order valence-corrected chi connectivity index (χ1v) is 10.00. The maximum absolute atomic E-state index is 14.0. The van der Waals surface area contributed by atoms with Crippen LogP contribution in [-0.2, 0) is 6.42 Å². The van der Waals surface area contributed by atoms with Crippen molar-refractivity contribution in [2.75, 3.05) is 11.9 Å². The van der Waals surface area contributed by atoms with E-state index in [1.807, 2.05) is 24.3 Å². The van der Waals surface area contributed by atoms with Crippen LogP contribution in [-0.4, -0.2) is 28.4 Å². The molecule has 4 nitrogen and oxygen atoms in total. The van der Waals surface area contributed by atoms with Gasteiger partial charge in [-0.3, -0.25) is 4.79 Å². The molecule has 1 heterocycles. The molecule has 1 aliphatic rings. The summed E-state index contributed by atoms with van der Waals surface area (Å²) in [6.07, 6.45) is -2.92. The van der Waals surface area contributed by atoms with Gasteiger partial charge in [-0.2, -0.15) is 13.2 Å². The number of alkyl halides is 3. The fourth-order valence-electron chi connectivity index (χ4n) is 4.35. The number of pyridine rings is 1. The molecule has 3 N–H and O–H groups in total. The topological polar surface area (TPSA) is 65.1 Å². The highest BCUT2D eigenvalue weighted by molar-refractivity contribution is 5.91. The standard InChI is InChI=1S/C23H23F3N2O2/c24-23(25,26)22(30,13-16-7-3-6-15-5-1-2-8-17(15)16)14-27-19-9-4-10-20-18(19)11-12-21(29)28-20/h1-2,4-5,8-12,16,27,30H,3,6-7,13-14H2,(H,28,29). The van der Waals surface area contributed by atoms with Gasteiger partial charge in [0.2, 0.25) is 5.56 Å². The van der Waals surface area contributed by atoms with E-state index in [9.17, 15) is 23.1 Å². The van der Waals surface area contributed by atoms with Crippen LogP contribution in [0.4, 0.5) is 18.9 Å². The molecule has 0 aliphatic heterocycles. The van der Waals surface area contributed by atoms with Crippen molar-refractivity contribution >= 4 is 16.6 Å². The molecule has 1 aliphatic carbocycles. The molecule has 0 spiro atoms. The Bertz CT molecular complexity index is 1110. The third-order valence-corrected chi connectivity index (χ3v) is 5.94. The number of aromatic amines is 1. The largest absolute Gasteiger partial charge is 0.418 e. The fraction of sp³-hybridized carbons (Fsp3) is 0.348. The molecule has 7 heteroatoms. The predicted octanol–water partition coefficient (Wildman–Crippen LogP) is 4.74. The van der Waals surface area contributed by atoms with Gasteiger partial charge in [-0.15, -0.1) is 0 Å². The van der Waals surface area contributed by atoms with Crippen molar-refractivity contribution in [2.45, 2.75) is 43.4 Å². The second kappa shape index (κ2) is 7.80. The number of aliphatic hydroxyl groups is 1. The van der Waals surface area contributed by atoms with E-state index >= 15 is 0 Å². The van der Waals surface area contributed by atoms with E-state index < -0.39 is 24.7 Å². The second-order valence-corrected chi connectivity index (χ2v) is 7.96. The van der Waals surface area contributed by atoms with Crippen LogP contribution in [0.25, 0.3) is 10.9 Å². The summed E-state index contributed by atoms with van der Waals surface area (Å²) in [5, 5.41) is 14.1. The highest BCUT2D eigenvalue weighted by Crippen LogP contribution is 2.43. The Labute approximate surface area is 171 Å². The average molecular weight is 416 g/mol. The monoisotopic (exact) mass is 416 g/mol. The van der Waals surface area contributed by atoms with Crippen molar-refractivity contribution in [1.29, 1.82) is 0 Å². The van der Waals surface area contributed by atoms with Crippen LogP contribution in [0.3, 0.4) is 0 Å². The number of halogens is 3. The molecule has 2 unspecified atom stereocenters. The molecule has 0 fully saturated rings. The van der Waals surface area contributed by atoms with E-state index in [-0.39, 0.29) is 11.5 Å². The molecule has 3 aromatic rings. The predicted molar refractivity (Wildman–Crippen MR) is 111 cm³/mol. The minimum atomic E-state index is -4.79. The lowest BCUT2D eigenvalue weighted by molar-refractivity contribution is -0.258. The molecule has 0 bridgehead atoms. The SMILES string of the molecule is O=c1ccc2c(NCC(O)(CC3CCCc4ccccc43)C(F)(F)F)cccc2[nH]1. The lowest BCUT2D eigenvalue weighted by Crippen LogP contribution is -2.51. The lowest BCUT2D eigenvalue weighted by Gasteiger charge is -2.36. The summed E-state index contributed by atoms with van der Waals surface area (Å²) in [6, 6.07) is 15.4. The van der Waals surface area contributed by atoms with E-state index in [1.54, 1.807) is 24.3 Å². The van der Waals surface area contributed by atoms with E-state index in [4.69, 9.17) is 0 Å². The average Bonchev–Trinajstić information content (AvgIpc) is 2.71. The first kappa shape index (κ1) is 20.5. The minimum absolute atomic E-state index is 0.289. The van der Waals surface area contributed by atoms with Gasteiger partial charge in [0.25, 0.3) is 0 Å². The van der Waals surface area contributed by atoms with Crippen molar-refractivity contribution < 1.29 is 18.3 Å². The molecule has 2 atom stereocenters. The van der Waals surface area contributed by atoms with Crippen LogP contribution < -0.4 is 10.9 Å². The highest BCUT2D eigenvalue weighted by atomic mass is 19.4. The van der Waals surface area contributed by atoms with E-state index in [0.717, 1.165) is 24.0 Å². The molecule has 2 aromatic carbocycles. The Kier molecular flexibility index (Phi) is 5.32. The summed E-state index contributed by atoms with van der Waals surface area (Å²) in [5.41, 5.74) is -0.271. The molecule has 0 radical (unpaired) electrons. The van der Waals surface area contributed by atoms with Crippen molar-refractivity contribution in [3.63, 3.8) is 0 Å². The Morgan fingerprint density at radius 3 is 2.67 bits per heavy atom. The summed E-state index contributed by atoms with van der Waals surface area (Å²) in [5.74, 6) is -0.354. The van der Waals surface area contributed by atoms with Gasteiger partial charge in [-0.1, -0.05) is 30.3 Å². The summed E-state index contributed by atoms with van der Waals surface area (Å²) in [4.78, 5) is 14.2. The van der Waals surface area contributed by atoms with Gasteiger partial charge in [0, 0.05) is 17.1 Å². The van der Waals surface area contributed by atoms with Crippen LogP contribution in [0.2, 0.25) is 0 Å². The van der Waals surface area contributed by atoms with Gasteiger partial charge in [0.05, 0.1) is 12.1 Å². The number of hydrogen-bond acceptors (Lipinski definition) is 3. The van der Waals surface area contributed by atoms with Crippen molar-refractivity contribution in [2.24, 2.45) is 0 Å². The van der Waals surface area contributed by atoms with Crippen molar-refractivity contribution in [1.82, 2.24) is 4.98 Å². The van der Waals surface area contributed by atoms with Gasteiger partial charge in [0.15, 0.2) is 5.60 Å². The number of aryl methyl sites for hydroxylation is 1. The Morgan fingerprint density at radius 2 is 1.87 bits per heavy atom. The molecule has 0 saturated heterocycles.